The van der Waals surface area contributed by atoms with Gasteiger partial charge in [-0.15, -0.1) is 0 Å². The van der Waals surface area contributed by atoms with Gasteiger partial charge in [0.25, 0.3) is 0 Å². The van der Waals surface area contributed by atoms with E-state index in [1.165, 1.54) is 11.3 Å². The van der Waals surface area contributed by atoms with Crippen LogP contribution in [0.3, 0.4) is 0 Å². The van der Waals surface area contributed by atoms with E-state index in [-0.39, 0.29) is 35.0 Å². The van der Waals surface area contributed by atoms with Gasteiger partial charge >= 0.3 is 29.6 Å². The number of aromatic nitrogens is 1. The Balaban J connectivity index is 0.00000169. The summed E-state index contributed by atoms with van der Waals surface area (Å²) in [4.78, 5) is 5.72. The topological polar surface area (TPSA) is 41.1 Å². The zero-order valence-electron chi connectivity index (χ0n) is 14.0. The number of fused-ring (bicyclic) bond motifs is 2. The van der Waals surface area contributed by atoms with Crippen molar-refractivity contribution in [3.05, 3.63) is 53.3 Å². The smallest absolute Gasteiger partial charge is 0.339 e. The van der Waals surface area contributed by atoms with Crippen molar-refractivity contribution in [2.24, 2.45) is 12.0 Å². The van der Waals surface area contributed by atoms with Crippen molar-refractivity contribution in [1.29, 1.82) is 5.26 Å². The quantitative estimate of drug-likeness (QED) is 0.577. The van der Waals surface area contributed by atoms with E-state index in [4.69, 9.17) is 12.2 Å². The molecule has 0 amide bonds. The van der Waals surface area contributed by atoms with Crippen LogP contribution in [0.2, 0.25) is 0 Å². The molecule has 1 aromatic heterocycles. The number of rotatable bonds is 1. The summed E-state index contributed by atoms with van der Waals surface area (Å²) in [5.41, 5.74) is 4.00. The third-order valence-corrected chi connectivity index (χ3v) is 5.86. The van der Waals surface area contributed by atoms with Gasteiger partial charge in [-0.25, -0.2) is 0 Å². The molecule has 114 valence electrons. The fraction of sp³-hybridized carbons (Fsp3) is 0.316. The average Bonchev–Trinajstić information content (AvgIpc) is 3.12. The molecule has 3 nitrogen and oxygen atoms in total. The van der Waals surface area contributed by atoms with Gasteiger partial charge in [-0.3, -0.25) is 4.99 Å². The number of benzene rings is 1. The molecule has 1 aromatic carbocycles. The predicted octanol–water partition coefficient (Wildman–Crippen LogP) is 1.19. The van der Waals surface area contributed by atoms with Gasteiger partial charge in [0, 0.05) is 29.7 Å². The summed E-state index contributed by atoms with van der Waals surface area (Å²) >= 11 is 5.77. The molecule has 0 bridgehead atoms. The predicted molar refractivity (Wildman–Crippen MR) is 95.6 cm³/mol. The molecule has 2 aliphatic rings. The van der Waals surface area contributed by atoms with Crippen LogP contribution < -0.4 is 29.6 Å². The average molecular weight is 342 g/mol. The molecule has 24 heavy (non-hydrogen) atoms. The van der Waals surface area contributed by atoms with Gasteiger partial charge in [0.15, 0.2) is 0 Å². The number of hydrogen-bond acceptors (Lipinski definition) is 3. The van der Waals surface area contributed by atoms with E-state index < -0.39 is 0 Å². The van der Waals surface area contributed by atoms with Crippen molar-refractivity contribution in [1.82, 2.24) is 4.57 Å². The summed E-state index contributed by atoms with van der Waals surface area (Å²) in [6.45, 7) is 0. The summed E-state index contributed by atoms with van der Waals surface area (Å²) in [5, 5.41) is 9.19. The first kappa shape index (κ1) is 17.6. The molecule has 2 unspecified atom stereocenters. The van der Waals surface area contributed by atoms with E-state index in [9.17, 15) is 5.26 Å². The molecule has 2 aromatic rings. The van der Waals surface area contributed by atoms with Crippen molar-refractivity contribution < 1.29 is 29.6 Å². The number of thiocarbonyl (C=S) groups is 1. The molecule has 0 radical (unpaired) electrons. The molecule has 1 saturated carbocycles. The molecule has 0 N–H and O–H groups in total. The maximum Gasteiger partial charge on any atom is 1.00 e. The van der Waals surface area contributed by atoms with Gasteiger partial charge in [0.05, 0.1) is 11.1 Å². The standard InChI is InChI=1S/C19H17N3S.Na/c1-22-14(11-20)7-8-17(22)13-6-9-18(23)19(10-13)12-21-16-5-3-2-4-15(16)19;/h2-5,7-8,12-13H,6,9-10H2,1H3;/q;+1. The van der Waals surface area contributed by atoms with Gasteiger partial charge in [-0.05, 0) is 43.0 Å². The first-order valence-electron chi connectivity index (χ1n) is 7.89. The van der Waals surface area contributed by atoms with E-state index >= 15 is 0 Å². The van der Waals surface area contributed by atoms with Crippen molar-refractivity contribution in [2.45, 2.75) is 30.6 Å². The second-order valence-electron chi connectivity index (χ2n) is 6.42. The summed E-state index contributed by atoms with van der Waals surface area (Å²) in [5.74, 6) is 0.395. The third-order valence-electron chi connectivity index (χ3n) is 5.29. The molecule has 1 spiro atoms. The van der Waals surface area contributed by atoms with Gasteiger partial charge < -0.3 is 4.57 Å². The maximum atomic E-state index is 9.19. The zero-order chi connectivity index (χ0) is 16.0. The zero-order valence-corrected chi connectivity index (χ0v) is 16.8. The Morgan fingerprint density at radius 3 is 2.83 bits per heavy atom. The van der Waals surface area contributed by atoms with Crippen molar-refractivity contribution in [3.63, 3.8) is 0 Å². The molecular weight excluding hydrogens is 325 g/mol. The minimum Gasteiger partial charge on any atom is -0.339 e. The van der Waals surface area contributed by atoms with Crippen LogP contribution in [0.4, 0.5) is 5.69 Å². The molecule has 0 saturated heterocycles. The van der Waals surface area contributed by atoms with E-state index in [1.54, 1.807) is 0 Å². The Hall–Kier alpha value is -1.25. The van der Waals surface area contributed by atoms with Crippen LogP contribution >= 0.6 is 12.2 Å². The number of aliphatic imine (C=N–C) groups is 1. The number of nitriles is 1. The number of nitrogens with zero attached hydrogens (tertiary/aromatic N) is 3. The third kappa shape index (κ3) is 2.51. The normalized spacial score (nSPS) is 24.5. The van der Waals surface area contributed by atoms with Gasteiger partial charge in [0.2, 0.25) is 0 Å². The second kappa shape index (κ2) is 6.57. The van der Waals surface area contributed by atoms with Crippen LogP contribution in [-0.2, 0) is 12.5 Å². The van der Waals surface area contributed by atoms with E-state index in [0.717, 1.165) is 29.8 Å². The summed E-state index contributed by atoms with van der Waals surface area (Å²) in [6.07, 6.45) is 4.96. The maximum absolute atomic E-state index is 9.19. The first-order valence-corrected chi connectivity index (χ1v) is 8.30. The van der Waals surface area contributed by atoms with Crippen LogP contribution in [0.1, 0.15) is 42.1 Å². The Labute approximate surface area is 169 Å². The van der Waals surface area contributed by atoms with Crippen LogP contribution in [-0.4, -0.2) is 15.6 Å². The van der Waals surface area contributed by atoms with Crippen LogP contribution in [0.15, 0.2) is 41.4 Å². The largest absolute Gasteiger partial charge is 1.00 e. The molecule has 1 aliphatic carbocycles. The van der Waals surface area contributed by atoms with E-state index in [0.29, 0.717) is 11.6 Å². The van der Waals surface area contributed by atoms with E-state index in [1.807, 2.05) is 23.7 Å². The summed E-state index contributed by atoms with van der Waals surface area (Å²) in [7, 11) is 1.98. The minimum atomic E-state index is -0.216. The molecular formula is C19H17N3NaS+. The van der Waals surface area contributed by atoms with Gasteiger partial charge in [-0.1, -0.05) is 30.4 Å². The second-order valence-corrected chi connectivity index (χ2v) is 6.92. The van der Waals surface area contributed by atoms with Gasteiger partial charge in [-0.2, -0.15) is 5.26 Å². The Bertz CT molecular complexity index is 877. The minimum absolute atomic E-state index is 0. The van der Waals surface area contributed by atoms with Crippen molar-refractivity contribution in [3.8, 4) is 6.07 Å². The SMILES string of the molecule is Cn1c(C#N)ccc1C1CCC(=S)C2(C=Nc3ccccc32)C1.[Na+]. The fourth-order valence-electron chi connectivity index (χ4n) is 4.03. The summed E-state index contributed by atoms with van der Waals surface area (Å²) < 4.78 is 2.02. The van der Waals surface area contributed by atoms with E-state index in [2.05, 4.69) is 41.5 Å². The van der Waals surface area contributed by atoms with Gasteiger partial charge in [0.1, 0.15) is 11.8 Å². The molecule has 1 fully saturated rings. The molecule has 4 rings (SSSR count). The first-order chi connectivity index (χ1) is 11.2. The van der Waals surface area contributed by atoms with Crippen molar-refractivity contribution in [2.75, 3.05) is 0 Å². The number of hydrogen-bond donors (Lipinski definition) is 0. The molecule has 5 heteroatoms. The monoisotopic (exact) mass is 342 g/mol. The van der Waals surface area contributed by atoms with Crippen molar-refractivity contribution >= 4 is 29.0 Å². The van der Waals surface area contributed by atoms with Crippen LogP contribution in [0.25, 0.3) is 0 Å². The molecule has 1 aliphatic heterocycles. The summed E-state index contributed by atoms with van der Waals surface area (Å²) in [6, 6.07) is 14.6. The fourth-order valence-corrected chi connectivity index (χ4v) is 4.40. The molecule has 2 heterocycles. The van der Waals surface area contributed by atoms with Crippen LogP contribution in [0, 0.1) is 11.3 Å². The Kier molecular flexibility index (Phi) is 4.81. The van der Waals surface area contributed by atoms with Crippen LogP contribution in [0.5, 0.6) is 0 Å². The Morgan fingerprint density at radius 1 is 1.29 bits per heavy atom. The Morgan fingerprint density at radius 2 is 2.08 bits per heavy atom. The molecule has 2 atom stereocenters. The number of para-hydroxylation sites is 1.